The van der Waals surface area contributed by atoms with E-state index >= 15 is 0 Å². The molecule has 2 aromatic rings. The smallest absolute Gasteiger partial charge is 0.264 e. The van der Waals surface area contributed by atoms with Crippen LogP contribution in [-0.4, -0.2) is 29.3 Å². The molecule has 0 aliphatic carbocycles. The molecule has 0 aliphatic rings. The first-order valence-electron chi connectivity index (χ1n) is 6.57. The average molecular weight is 291 g/mol. The summed E-state index contributed by atoms with van der Waals surface area (Å²) in [5.74, 6) is 1.45. The summed E-state index contributed by atoms with van der Waals surface area (Å²) in [6.45, 7) is 4.34. The summed E-state index contributed by atoms with van der Waals surface area (Å²) in [7, 11) is 0. The minimum atomic E-state index is -0.188. The molecule has 0 atom stereocenters. The summed E-state index contributed by atoms with van der Waals surface area (Å²) in [5.41, 5.74) is 0.681. The van der Waals surface area contributed by atoms with Gasteiger partial charge in [0.05, 0.1) is 0 Å². The third kappa shape index (κ3) is 4.88. The van der Waals surface area contributed by atoms with Crippen LogP contribution in [-0.2, 0) is 16.1 Å². The molecule has 7 heteroatoms. The van der Waals surface area contributed by atoms with Crippen molar-refractivity contribution in [3.05, 3.63) is 36.0 Å². The van der Waals surface area contributed by atoms with Gasteiger partial charge in [-0.25, -0.2) is 0 Å². The molecule has 1 heterocycles. The van der Waals surface area contributed by atoms with Crippen LogP contribution in [0, 0.1) is 6.92 Å². The predicted octanol–water partition coefficient (Wildman–Crippen LogP) is 1.93. The van der Waals surface area contributed by atoms with Gasteiger partial charge in [0, 0.05) is 12.3 Å². The van der Waals surface area contributed by atoms with Crippen molar-refractivity contribution < 1.29 is 18.8 Å². The highest BCUT2D eigenvalue weighted by Gasteiger charge is 2.05. The van der Waals surface area contributed by atoms with Gasteiger partial charge in [0.1, 0.15) is 12.4 Å². The van der Waals surface area contributed by atoms with Crippen molar-refractivity contribution in [1.82, 2.24) is 10.1 Å². The van der Waals surface area contributed by atoms with E-state index in [1.807, 2.05) is 6.92 Å². The Labute approximate surface area is 122 Å². The van der Waals surface area contributed by atoms with Gasteiger partial charge in [0.15, 0.2) is 12.4 Å². The number of carbonyl (C=O) groups is 1. The van der Waals surface area contributed by atoms with E-state index in [0.717, 1.165) is 0 Å². The molecule has 0 aliphatic heterocycles. The zero-order valence-corrected chi connectivity index (χ0v) is 12.0. The number of nitrogens with zero attached hydrogens (tertiary/aromatic N) is 2. The van der Waals surface area contributed by atoms with Crippen LogP contribution in [0.1, 0.15) is 18.6 Å². The van der Waals surface area contributed by atoms with Gasteiger partial charge in [0.2, 0.25) is 5.91 Å². The quantitative estimate of drug-likeness (QED) is 0.838. The standard InChI is InChI=1S/C14H17N3O4/c1-3-19-8-13(18)16-11-4-6-12(7-5-11)20-9-14-15-10(2)17-21-14/h4-7H,3,8-9H2,1-2H3,(H,16,18). The molecule has 1 aromatic heterocycles. The van der Waals surface area contributed by atoms with Crippen LogP contribution >= 0.6 is 0 Å². The number of nitrogens with one attached hydrogen (secondary N) is 1. The number of amides is 1. The topological polar surface area (TPSA) is 86.5 Å². The van der Waals surface area contributed by atoms with Crippen molar-refractivity contribution in [2.75, 3.05) is 18.5 Å². The van der Waals surface area contributed by atoms with E-state index in [2.05, 4.69) is 15.5 Å². The molecule has 0 saturated heterocycles. The molecule has 1 aromatic carbocycles. The lowest BCUT2D eigenvalue weighted by atomic mass is 10.3. The van der Waals surface area contributed by atoms with E-state index in [4.69, 9.17) is 14.0 Å². The third-order valence-corrected chi connectivity index (χ3v) is 2.51. The zero-order chi connectivity index (χ0) is 15.1. The Morgan fingerprint density at radius 2 is 2.10 bits per heavy atom. The van der Waals surface area contributed by atoms with E-state index in [1.54, 1.807) is 31.2 Å². The van der Waals surface area contributed by atoms with Gasteiger partial charge < -0.3 is 19.3 Å². The molecule has 0 unspecified atom stereocenters. The lowest BCUT2D eigenvalue weighted by Gasteiger charge is -2.07. The van der Waals surface area contributed by atoms with Crippen LogP contribution in [0.4, 0.5) is 5.69 Å². The highest BCUT2D eigenvalue weighted by Crippen LogP contribution is 2.16. The van der Waals surface area contributed by atoms with Crippen molar-refractivity contribution in [2.24, 2.45) is 0 Å². The molecule has 1 amide bonds. The van der Waals surface area contributed by atoms with Crippen molar-refractivity contribution in [2.45, 2.75) is 20.5 Å². The normalized spacial score (nSPS) is 10.4. The first-order chi connectivity index (χ1) is 10.2. The number of benzene rings is 1. The first-order valence-corrected chi connectivity index (χ1v) is 6.57. The highest BCUT2D eigenvalue weighted by molar-refractivity contribution is 5.91. The van der Waals surface area contributed by atoms with E-state index in [-0.39, 0.29) is 19.1 Å². The van der Waals surface area contributed by atoms with Gasteiger partial charge in [-0.2, -0.15) is 4.98 Å². The number of rotatable bonds is 7. The van der Waals surface area contributed by atoms with Crippen LogP contribution in [0.2, 0.25) is 0 Å². The maximum Gasteiger partial charge on any atom is 0.264 e. The maximum absolute atomic E-state index is 11.5. The number of aryl methyl sites for hydroxylation is 1. The van der Waals surface area contributed by atoms with Crippen molar-refractivity contribution in [3.63, 3.8) is 0 Å². The second kappa shape index (κ2) is 7.39. The first kappa shape index (κ1) is 15.0. The van der Waals surface area contributed by atoms with Crippen LogP contribution in [0.3, 0.4) is 0 Å². The molecule has 0 bridgehead atoms. The number of anilines is 1. The third-order valence-electron chi connectivity index (χ3n) is 2.51. The van der Waals surface area contributed by atoms with Crippen LogP contribution in [0.5, 0.6) is 5.75 Å². The fourth-order valence-electron chi connectivity index (χ4n) is 1.57. The number of hydrogen-bond donors (Lipinski definition) is 1. The van der Waals surface area contributed by atoms with E-state index in [1.165, 1.54) is 0 Å². The van der Waals surface area contributed by atoms with Crippen LogP contribution < -0.4 is 10.1 Å². The van der Waals surface area contributed by atoms with Crippen molar-refractivity contribution >= 4 is 11.6 Å². The summed E-state index contributed by atoms with van der Waals surface area (Å²) in [4.78, 5) is 15.5. The van der Waals surface area contributed by atoms with Crippen LogP contribution in [0.25, 0.3) is 0 Å². The van der Waals surface area contributed by atoms with Gasteiger partial charge in [-0.1, -0.05) is 5.16 Å². The minimum absolute atomic E-state index is 0.0469. The lowest BCUT2D eigenvalue weighted by molar-refractivity contribution is -0.120. The predicted molar refractivity (Wildman–Crippen MR) is 74.9 cm³/mol. The largest absolute Gasteiger partial charge is 0.484 e. The number of carbonyl (C=O) groups excluding carboxylic acids is 1. The second-order valence-electron chi connectivity index (χ2n) is 4.23. The average Bonchev–Trinajstić information content (AvgIpc) is 2.90. The van der Waals surface area contributed by atoms with Gasteiger partial charge >= 0.3 is 0 Å². The molecular weight excluding hydrogens is 274 g/mol. The van der Waals surface area contributed by atoms with Crippen molar-refractivity contribution in [3.8, 4) is 5.75 Å². The zero-order valence-electron chi connectivity index (χ0n) is 12.0. The van der Waals surface area contributed by atoms with Gasteiger partial charge in [-0.05, 0) is 38.1 Å². The summed E-state index contributed by atoms with van der Waals surface area (Å²) in [6, 6.07) is 7.00. The second-order valence-corrected chi connectivity index (χ2v) is 4.23. The van der Waals surface area contributed by atoms with Gasteiger partial charge in [-0.3, -0.25) is 4.79 Å². The van der Waals surface area contributed by atoms with Gasteiger partial charge in [-0.15, -0.1) is 0 Å². The Morgan fingerprint density at radius 3 is 2.71 bits per heavy atom. The van der Waals surface area contributed by atoms with E-state index in [0.29, 0.717) is 29.8 Å². The molecule has 0 fully saturated rings. The molecule has 0 radical (unpaired) electrons. The van der Waals surface area contributed by atoms with Gasteiger partial charge in [0.25, 0.3) is 5.89 Å². The molecule has 112 valence electrons. The number of ether oxygens (including phenoxy) is 2. The monoisotopic (exact) mass is 291 g/mol. The SMILES string of the molecule is CCOCC(=O)Nc1ccc(OCc2nc(C)no2)cc1. The summed E-state index contributed by atoms with van der Waals surface area (Å²) in [5, 5.41) is 6.40. The summed E-state index contributed by atoms with van der Waals surface area (Å²) < 4.78 is 15.5. The molecular formula is C14H17N3O4. The van der Waals surface area contributed by atoms with E-state index < -0.39 is 0 Å². The molecule has 0 spiro atoms. The molecule has 0 saturated carbocycles. The molecule has 2 rings (SSSR count). The summed E-state index contributed by atoms with van der Waals surface area (Å²) >= 11 is 0. The Kier molecular flexibility index (Phi) is 5.28. The lowest BCUT2D eigenvalue weighted by Crippen LogP contribution is -2.18. The highest BCUT2D eigenvalue weighted by atomic mass is 16.5. The molecule has 1 N–H and O–H groups in total. The summed E-state index contributed by atoms with van der Waals surface area (Å²) in [6.07, 6.45) is 0. The maximum atomic E-state index is 11.5. The Balaban J connectivity index is 1.82. The Morgan fingerprint density at radius 1 is 1.33 bits per heavy atom. The molecule has 21 heavy (non-hydrogen) atoms. The fraction of sp³-hybridized carbons (Fsp3) is 0.357. The Hall–Kier alpha value is -2.41. The number of hydrogen-bond acceptors (Lipinski definition) is 6. The molecule has 7 nitrogen and oxygen atoms in total. The van der Waals surface area contributed by atoms with Crippen molar-refractivity contribution in [1.29, 1.82) is 0 Å². The fourth-order valence-corrected chi connectivity index (χ4v) is 1.57. The van der Waals surface area contributed by atoms with Crippen LogP contribution in [0.15, 0.2) is 28.8 Å². The minimum Gasteiger partial charge on any atom is -0.484 e. The Bertz CT molecular complexity index is 580. The number of aromatic nitrogens is 2. The van der Waals surface area contributed by atoms with E-state index in [9.17, 15) is 4.79 Å².